The number of hydrogen-bond acceptors (Lipinski definition) is 3. The number of hydrogen-bond donors (Lipinski definition) is 3. The highest BCUT2D eigenvalue weighted by Crippen LogP contribution is 2.35. The number of nitrogens with one attached hydrogen (secondary N) is 1. The van der Waals surface area contributed by atoms with E-state index in [9.17, 15) is 15.0 Å². The minimum atomic E-state index is -0.992. The number of benzene rings is 1. The van der Waals surface area contributed by atoms with Gasteiger partial charge in [-0.15, -0.1) is 0 Å². The molecule has 2 unspecified atom stereocenters. The highest BCUT2D eigenvalue weighted by molar-refractivity contribution is 5.94. The van der Waals surface area contributed by atoms with Crippen LogP contribution in [0.25, 0.3) is 0 Å². The molecule has 4 nitrogen and oxygen atoms in total. The molecule has 122 valence electrons. The molecule has 0 aromatic heterocycles. The van der Waals surface area contributed by atoms with Gasteiger partial charge in [-0.25, -0.2) is 0 Å². The number of amides is 1. The number of carbonyl (C=O) groups excluding carboxylic acids is 1. The molecule has 1 aromatic carbocycles. The monoisotopic (exact) mass is 305 g/mol. The smallest absolute Gasteiger partial charge is 0.251 e. The Bertz CT molecular complexity index is 494. The number of aliphatic hydroxyl groups excluding tert-OH is 2. The molecule has 1 fully saturated rings. The molecule has 1 aromatic rings. The largest absolute Gasteiger partial charge is 0.394 e. The zero-order chi connectivity index (χ0) is 16.2. The van der Waals surface area contributed by atoms with E-state index in [0.29, 0.717) is 11.5 Å². The maximum absolute atomic E-state index is 12.2. The van der Waals surface area contributed by atoms with Crippen molar-refractivity contribution in [3.8, 4) is 0 Å². The molecule has 0 radical (unpaired) electrons. The second-order valence-corrected chi connectivity index (χ2v) is 6.92. The van der Waals surface area contributed by atoms with Crippen molar-refractivity contribution in [1.82, 2.24) is 5.32 Å². The maximum atomic E-state index is 12.2. The Hall–Kier alpha value is -1.39. The van der Waals surface area contributed by atoms with Gasteiger partial charge in [-0.2, -0.15) is 0 Å². The zero-order valence-corrected chi connectivity index (χ0v) is 13.5. The Morgan fingerprint density at radius 3 is 2.41 bits per heavy atom. The summed E-state index contributed by atoms with van der Waals surface area (Å²) < 4.78 is 0. The Kier molecular flexibility index (Phi) is 5.59. The topological polar surface area (TPSA) is 69.6 Å². The van der Waals surface area contributed by atoms with Gasteiger partial charge in [0, 0.05) is 5.56 Å². The van der Waals surface area contributed by atoms with E-state index in [1.807, 2.05) is 24.3 Å². The summed E-state index contributed by atoms with van der Waals surface area (Å²) in [5, 5.41) is 21.2. The minimum Gasteiger partial charge on any atom is -0.394 e. The normalized spacial score (nSPS) is 22.4. The number of carbonyl (C=O) groups is 1. The van der Waals surface area contributed by atoms with Crippen LogP contribution in [0.3, 0.4) is 0 Å². The van der Waals surface area contributed by atoms with Crippen molar-refractivity contribution in [1.29, 1.82) is 0 Å². The van der Waals surface area contributed by atoms with E-state index in [-0.39, 0.29) is 19.1 Å². The van der Waals surface area contributed by atoms with Gasteiger partial charge in [0.15, 0.2) is 0 Å². The van der Waals surface area contributed by atoms with Crippen LogP contribution in [0.1, 0.15) is 61.4 Å². The second-order valence-electron chi connectivity index (χ2n) is 6.92. The average molecular weight is 305 g/mol. The van der Waals surface area contributed by atoms with Crippen LogP contribution in [0.2, 0.25) is 0 Å². The molecule has 3 N–H and O–H groups in total. The van der Waals surface area contributed by atoms with E-state index in [1.54, 1.807) is 6.92 Å². The van der Waals surface area contributed by atoms with Crippen molar-refractivity contribution in [3.05, 3.63) is 35.4 Å². The summed E-state index contributed by atoms with van der Waals surface area (Å²) in [5.74, 6) is 1.10. The molecule has 0 heterocycles. The molecule has 2 rings (SSSR count). The SMILES string of the molecule is CC1CCCC(c2ccc(C(=O)NC(C)(CO)CO)cc2)C1. The standard InChI is InChI=1S/C18H27NO3/c1-13-4-3-5-16(10-13)14-6-8-15(9-7-14)17(22)19-18(2,11-20)12-21/h6-9,13,16,20-21H,3-5,10-12H2,1-2H3,(H,19,22). The summed E-state index contributed by atoms with van der Waals surface area (Å²) in [5.41, 5.74) is 0.866. The van der Waals surface area contributed by atoms with Crippen molar-refractivity contribution in [2.75, 3.05) is 13.2 Å². The lowest BCUT2D eigenvalue weighted by Crippen LogP contribution is -2.51. The van der Waals surface area contributed by atoms with E-state index >= 15 is 0 Å². The van der Waals surface area contributed by atoms with Gasteiger partial charge < -0.3 is 15.5 Å². The molecule has 1 saturated carbocycles. The summed E-state index contributed by atoms with van der Waals surface area (Å²) in [6.07, 6.45) is 5.04. The third-order valence-corrected chi connectivity index (χ3v) is 4.69. The van der Waals surface area contributed by atoms with Crippen LogP contribution in [-0.4, -0.2) is 34.9 Å². The molecule has 4 heteroatoms. The van der Waals surface area contributed by atoms with Crippen molar-refractivity contribution < 1.29 is 15.0 Å². The molecule has 0 aliphatic heterocycles. The Balaban J connectivity index is 2.03. The highest BCUT2D eigenvalue weighted by atomic mass is 16.3. The van der Waals surface area contributed by atoms with Crippen molar-refractivity contribution in [3.63, 3.8) is 0 Å². The third-order valence-electron chi connectivity index (χ3n) is 4.69. The summed E-state index contributed by atoms with van der Waals surface area (Å²) in [6, 6.07) is 7.73. The van der Waals surface area contributed by atoms with Gasteiger partial charge in [0.05, 0.1) is 18.8 Å². The molecule has 1 aliphatic carbocycles. The summed E-state index contributed by atoms with van der Waals surface area (Å²) >= 11 is 0. The summed E-state index contributed by atoms with van der Waals surface area (Å²) in [4.78, 5) is 12.2. The van der Waals surface area contributed by atoms with E-state index < -0.39 is 5.54 Å². The molecular formula is C18H27NO3. The molecule has 22 heavy (non-hydrogen) atoms. The van der Waals surface area contributed by atoms with Gasteiger partial charge in [-0.1, -0.05) is 31.9 Å². The van der Waals surface area contributed by atoms with Gasteiger partial charge >= 0.3 is 0 Å². The highest BCUT2D eigenvalue weighted by Gasteiger charge is 2.25. The van der Waals surface area contributed by atoms with Gasteiger partial charge in [0.1, 0.15) is 0 Å². The Morgan fingerprint density at radius 1 is 1.23 bits per heavy atom. The van der Waals surface area contributed by atoms with Crippen LogP contribution in [0.15, 0.2) is 24.3 Å². The lowest BCUT2D eigenvalue weighted by atomic mass is 9.79. The van der Waals surface area contributed by atoms with Crippen molar-refractivity contribution in [2.45, 2.75) is 51.0 Å². The van der Waals surface area contributed by atoms with Crippen LogP contribution in [0, 0.1) is 5.92 Å². The van der Waals surface area contributed by atoms with Gasteiger partial charge in [-0.3, -0.25) is 4.79 Å². The zero-order valence-electron chi connectivity index (χ0n) is 13.5. The molecule has 0 bridgehead atoms. The van der Waals surface area contributed by atoms with E-state index in [0.717, 1.165) is 5.92 Å². The molecule has 1 aliphatic rings. The predicted molar refractivity (Wildman–Crippen MR) is 86.9 cm³/mol. The van der Waals surface area contributed by atoms with E-state index in [1.165, 1.54) is 31.2 Å². The van der Waals surface area contributed by atoms with E-state index in [4.69, 9.17) is 0 Å². The lowest BCUT2D eigenvalue weighted by molar-refractivity contribution is 0.0724. The maximum Gasteiger partial charge on any atom is 0.251 e. The fourth-order valence-corrected chi connectivity index (χ4v) is 3.12. The fourth-order valence-electron chi connectivity index (χ4n) is 3.12. The predicted octanol–water partition coefficient (Wildman–Crippen LogP) is 2.45. The molecule has 1 amide bonds. The minimum absolute atomic E-state index is 0.269. The van der Waals surface area contributed by atoms with Crippen molar-refractivity contribution >= 4 is 5.91 Å². The van der Waals surface area contributed by atoms with Crippen LogP contribution in [0.4, 0.5) is 0 Å². The number of rotatable bonds is 5. The van der Waals surface area contributed by atoms with Crippen LogP contribution in [-0.2, 0) is 0 Å². The quantitative estimate of drug-likeness (QED) is 0.782. The first-order chi connectivity index (χ1) is 10.5. The Labute approximate surface area is 132 Å². The van der Waals surface area contributed by atoms with Crippen LogP contribution in [0.5, 0.6) is 0 Å². The molecule has 2 atom stereocenters. The summed E-state index contributed by atoms with van der Waals surface area (Å²) in [6.45, 7) is 3.32. The van der Waals surface area contributed by atoms with Crippen LogP contribution < -0.4 is 5.32 Å². The third kappa shape index (κ3) is 4.08. The van der Waals surface area contributed by atoms with Crippen LogP contribution >= 0.6 is 0 Å². The molecule has 0 spiro atoms. The Morgan fingerprint density at radius 2 is 1.86 bits per heavy atom. The molecule has 0 saturated heterocycles. The summed E-state index contributed by atoms with van der Waals surface area (Å²) in [7, 11) is 0. The fraction of sp³-hybridized carbons (Fsp3) is 0.611. The van der Waals surface area contributed by atoms with E-state index in [2.05, 4.69) is 12.2 Å². The second kappa shape index (κ2) is 7.25. The van der Waals surface area contributed by atoms with Gasteiger partial charge in [-0.05, 0) is 49.3 Å². The van der Waals surface area contributed by atoms with Crippen molar-refractivity contribution in [2.24, 2.45) is 5.92 Å². The number of aliphatic hydroxyl groups is 2. The first kappa shape index (κ1) is 17.0. The van der Waals surface area contributed by atoms with Gasteiger partial charge in [0.25, 0.3) is 5.91 Å². The molecular weight excluding hydrogens is 278 g/mol. The first-order valence-electron chi connectivity index (χ1n) is 8.11. The lowest BCUT2D eigenvalue weighted by Gasteiger charge is -2.27. The average Bonchev–Trinajstić information content (AvgIpc) is 2.55. The van der Waals surface area contributed by atoms with Gasteiger partial charge in [0.2, 0.25) is 0 Å². The first-order valence-corrected chi connectivity index (χ1v) is 8.11.